The minimum Gasteiger partial charge on any atom is -0.493 e. The molecule has 0 saturated carbocycles. The fourth-order valence-corrected chi connectivity index (χ4v) is 2.54. The summed E-state index contributed by atoms with van der Waals surface area (Å²) in [5.41, 5.74) is 3.37. The summed E-state index contributed by atoms with van der Waals surface area (Å²) in [6, 6.07) is 14.8. The number of carbonyl (C=O) groups is 2. The van der Waals surface area contributed by atoms with E-state index in [1.165, 1.54) is 26.7 Å². The fraction of sp³-hybridized carbons (Fsp3) is 0.0952. The molecule has 29 heavy (non-hydrogen) atoms. The third-order valence-corrected chi connectivity index (χ3v) is 3.97. The number of methoxy groups -OCH3 is 2. The van der Waals surface area contributed by atoms with E-state index in [0.29, 0.717) is 28.5 Å². The summed E-state index contributed by atoms with van der Waals surface area (Å²) in [7, 11) is 3.00. The number of hydrogen-bond acceptors (Lipinski definition) is 6. The minimum absolute atomic E-state index is 0.262. The summed E-state index contributed by atoms with van der Waals surface area (Å²) in [5, 5.41) is 6.58. The van der Waals surface area contributed by atoms with E-state index in [2.05, 4.69) is 15.8 Å². The van der Waals surface area contributed by atoms with Gasteiger partial charge in [0.05, 0.1) is 37.9 Å². The number of nitrogens with zero attached hydrogens (tertiary/aromatic N) is 1. The Balaban J connectivity index is 1.74. The van der Waals surface area contributed by atoms with E-state index in [1.807, 2.05) is 0 Å². The highest BCUT2D eigenvalue weighted by atomic mass is 16.5. The second-order valence-electron chi connectivity index (χ2n) is 5.78. The lowest BCUT2D eigenvalue weighted by atomic mass is 10.1. The molecule has 2 N–H and O–H groups in total. The number of para-hydroxylation sites is 1. The maximum absolute atomic E-state index is 12.6. The van der Waals surface area contributed by atoms with Gasteiger partial charge in [0.2, 0.25) is 0 Å². The highest BCUT2D eigenvalue weighted by Crippen LogP contribution is 2.28. The molecule has 0 unspecified atom stereocenters. The van der Waals surface area contributed by atoms with E-state index in [-0.39, 0.29) is 5.56 Å². The maximum Gasteiger partial charge on any atom is 0.273 e. The van der Waals surface area contributed by atoms with Gasteiger partial charge in [0, 0.05) is 5.56 Å². The number of benzene rings is 2. The largest absolute Gasteiger partial charge is 0.493 e. The van der Waals surface area contributed by atoms with Gasteiger partial charge in [-0.15, -0.1) is 0 Å². The highest BCUT2D eigenvalue weighted by molar-refractivity contribution is 6.09. The molecule has 0 aliphatic heterocycles. The van der Waals surface area contributed by atoms with Crippen molar-refractivity contribution in [2.45, 2.75) is 0 Å². The summed E-state index contributed by atoms with van der Waals surface area (Å²) in [4.78, 5) is 25.1. The van der Waals surface area contributed by atoms with Crippen molar-refractivity contribution in [1.29, 1.82) is 0 Å². The molecule has 1 aromatic heterocycles. The van der Waals surface area contributed by atoms with Crippen LogP contribution >= 0.6 is 0 Å². The average Bonchev–Trinajstić information content (AvgIpc) is 3.27. The number of anilines is 1. The van der Waals surface area contributed by atoms with Gasteiger partial charge >= 0.3 is 0 Å². The van der Waals surface area contributed by atoms with Crippen LogP contribution in [0, 0.1) is 0 Å². The molecule has 0 saturated heterocycles. The zero-order chi connectivity index (χ0) is 20.6. The molecule has 8 heteroatoms. The molecule has 3 rings (SSSR count). The first-order valence-electron chi connectivity index (χ1n) is 8.61. The first-order chi connectivity index (χ1) is 14.1. The zero-order valence-electron chi connectivity index (χ0n) is 15.8. The van der Waals surface area contributed by atoms with Crippen LogP contribution in [-0.4, -0.2) is 32.2 Å². The Morgan fingerprint density at radius 3 is 2.48 bits per heavy atom. The fourth-order valence-electron chi connectivity index (χ4n) is 2.54. The SMILES string of the molecule is COc1ccc(C(=O)Nc2ccccc2C(=O)NN=Cc2ccco2)cc1OC. The molecule has 0 aliphatic carbocycles. The molecule has 8 nitrogen and oxygen atoms in total. The zero-order valence-corrected chi connectivity index (χ0v) is 15.8. The average molecular weight is 393 g/mol. The van der Waals surface area contributed by atoms with Crippen molar-refractivity contribution in [3.63, 3.8) is 0 Å². The third kappa shape index (κ3) is 4.81. The van der Waals surface area contributed by atoms with Crippen LogP contribution in [0.2, 0.25) is 0 Å². The minimum atomic E-state index is -0.476. The van der Waals surface area contributed by atoms with Crippen molar-refractivity contribution < 1.29 is 23.5 Å². The van der Waals surface area contributed by atoms with Gasteiger partial charge in [-0.1, -0.05) is 12.1 Å². The van der Waals surface area contributed by atoms with Crippen LogP contribution in [0.5, 0.6) is 11.5 Å². The van der Waals surface area contributed by atoms with E-state index in [0.717, 1.165) is 0 Å². The number of hydrogen-bond donors (Lipinski definition) is 2. The normalized spacial score (nSPS) is 10.6. The number of hydrazone groups is 1. The predicted molar refractivity (Wildman–Crippen MR) is 108 cm³/mol. The van der Waals surface area contributed by atoms with Crippen molar-refractivity contribution in [3.05, 3.63) is 77.7 Å². The van der Waals surface area contributed by atoms with Gasteiger partial charge in [0.1, 0.15) is 5.76 Å². The van der Waals surface area contributed by atoms with Crippen LogP contribution in [0.3, 0.4) is 0 Å². The molecule has 0 fully saturated rings. The lowest BCUT2D eigenvalue weighted by Crippen LogP contribution is -2.21. The standard InChI is InChI=1S/C21H19N3O5/c1-27-18-10-9-14(12-19(18)28-2)20(25)23-17-8-4-3-7-16(17)21(26)24-22-13-15-6-5-11-29-15/h3-13H,1-2H3,(H,23,25)(H,24,26). The second kappa shape index (κ2) is 9.23. The molecule has 0 radical (unpaired) electrons. The first kappa shape index (κ1) is 19.7. The molecular weight excluding hydrogens is 374 g/mol. The Hall–Kier alpha value is -4.07. The van der Waals surface area contributed by atoms with E-state index < -0.39 is 11.8 Å². The molecule has 2 aromatic carbocycles. The van der Waals surface area contributed by atoms with Gasteiger partial charge in [-0.05, 0) is 42.5 Å². The Morgan fingerprint density at radius 2 is 1.76 bits per heavy atom. The summed E-state index contributed by atoms with van der Waals surface area (Å²) in [6.45, 7) is 0. The topological polar surface area (TPSA) is 102 Å². The van der Waals surface area contributed by atoms with Crippen LogP contribution < -0.4 is 20.2 Å². The highest BCUT2D eigenvalue weighted by Gasteiger charge is 2.15. The first-order valence-corrected chi connectivity index (χ1v) is 8.61. The van der Waals surface area contributed by atoms with Gasteiger partial charge < -0.3 is 19.2 Å². The number of rotatable bonds is 7. The molecule has 0 aliphatic rings. The molecule has 2 amide bonds. The van der Waals surface area contributed by atoms with Crippen LogP contribution in [-0.2, 0) is 0 Å². The predicted octanol–water partition coefficient (Wildman–Crippen LogP) is 3.31. The lowest BCUT2D eigenvalue weighted by Gasteiger charge is -2.12. The van der Waals surface area contributed by atoms with E-state index in [9.17, 15) is 9.59 Å². The smallest absolute Gasteiger partial charge is 0.273 e. The van der Waals surface area contributed by atoms with Gasteiger partial charge in [-0.2, -0.15) is 5.10 Å². The maximum atomic E-state index is 12.6. The van der Waals surface area contributed by atoms with Crippen LogP contribution in [0.1, 0.15) is 26.5 Å². The molecule has 3 aromatic rings. The quantitative estimate of drug-likeness (QED) is 0.474. The molecular formula is C21H19N3O5. The Bertz CT molecular complexity index is 1030. The van der Waals surface area contributed by atoms with Crippen molar-refractivity contribution in [1.82, 2.24) is 5.43 Å². The Kier molecular flexibility index (Phi) is 6.26. The summed E-state index contributed by atoms with van der Waals surface area (Å²) >= 11 is 0. The number of furan rings is 1. The van der Waals surface area contributed by atoms with Gasteiger partial charge in [0.15, 0.2) is 11.5 Å². The molecule has 1 heterocycles. The van der Waals surface area contributed by atoms with E-state index in [1.54, 1.807) is 54.6 Å². The second-order valence-corrected chi connectivity index (χ2v) is 5.78. The van der Waals surface area contributed by atoms with Crippen molar-refractivity contribution >= 4 is 23.7 Å². The number of carbonyl (C=O) groups excluding carboxylic acids is 2. The molecule has 148 valence electrons. The summed E-state index contributed by atoms with van der Waals surface area (Å²) < 4.78 is 15.5. The lowest BCUT2D eigenvalue weighted by molar-refractivity contribution is 0.0956. The number of ether oxygens (including phenoxy) is 2. The van der Waals surface area contributed by atoms with Gasteiger partial charge in [-0.3, -0.25) is 9.59 Å². The van der Waals surface area contributed by atoms with Crippen LogP contribution in [0.4, 0.5) is 5.69 Å². The van der Waals surface area contributed by atoms with Crippen LogP contribution in [0.25, 0.3) is 0 Å². The van der Waals surface area contributed by atoms with Gasteiger partial charge in [0.25, 0.3) is 11.8 Å². The van der Waals surface area contributed by atoms with Gasteiger partial charge in [-0.25, -0.2) is 5.43 Å². The number of nitrogens with one attached hydrogen (secondary N) is 2. The molecule has 0 spiro atoms. The summed E-state index contributed by atoms with van der Waals surface area (Å²) in [6.07, 6.45) is 2.88. The number of amides is 2. The Labute approximate surface area is 167 Å². The van der Waals surface area contributed by atoms with Crippen molar-refractivity contribution in [2.75, 3.05) is 19.5 Å². The van der Waals surface area contributed by atoms with Crippen molar-refractivity contribution in [2.24, 2.45) is 5.10 Å². The van der Waals surface area contributed by atoms with Crippen LogP contribution in [0.15, 0.2) is 70.4 Å². The third-order valence-electron chi connectivity index (χ3n) is 3.97. The van der Waals surface area contributed by atoms with E-state index >= 15 is 0 Å². The monoisotopic (exact) mass is 393 g/mol. The van der Waals surface area contributed by atoms with Crippen molar-refractivity contribution in [3.8, 4) is 11.5 Å². The summed E-state index contributed by atoms with van der Waals surface area (Å²) in [5.74, 6) is 0.568. The molecule has 0 bridgehead atoms. The molecule has 0 atom stereocenters. The van der Waals surface area contributed by atoms with E-state index in [4.69, 9.17) is 13.9 Å². The Morgan fingerprint density at radius 1 is 0.966 bits per heavy atom.